The lowest BCUT2D eigenvalue weighted by Gasteiger charge is -2.38. The normalized spacial score (nSPS) is 15.4. The Morgan fingerprint density at radius 1 is 1.00 bits per heavy atom. The van der Waals surface area contributed by atoms with Crippen LogP contribution in [-0.2, 0) is 14.8 Å². The van der Waals surface area contributed by atoms with Gasteiger partial charge in [0.15, 0.2) is 0 Å². The van der Waals surface area contributed by atoms with E-state index in [-0.39, 0.29) is 20.5 Å². The second kappa shape index (κ2) is 7.58. The quantitative estimate of drug-likeness (QED) is 0.549. The predicted octanol–water partition coefficient (Wildman–Crippen LogP) is 5.52. The first-order chi connectivity index (χ1) is 14.2. The summed E-state index contributed by atoms with van der Waals surface area (Å²) in [6.07, 6.45) is -0.550. The highest BCUT2D eigenvalue weighted by atomic mass is 35.5. The predicted molar refractivity (Wildman–Crippen MR) is 113 cm³/mol. The minimum atomic E-state index is -4.26. The monoisotopic (exact) mass is 465 g/mol. The molecule has 0 spiro atoms. The van der Waals surface area contributed by atoms with Crippen LogP contribution in [-0.4, -0.2) is 19.5 Å². The molecule has 0 aromatic heterocycles. The molecule has 9 heteroatoms. The number of aliphatic carboxylic acids is 1. The zero-order chi connectivity index (χ0) is 21.6. The molecule has 1 aliphatic heterocycles. The molecule has 0 saturated carbocycles. The molecule has 1 aliphatic rings. The molecule has 1 unspecified atom stereocenters. The summed E-state index contributed by atoms with van der Waals surface area (Å²) >= 11 is 11.9. The summed E-state index contributed by atoms with van der Waals surface area (Å²) in [6.45, 7) is 0. The molecule has 30 heavy (non-hydrogen) atoms. The summed E-state index contributed by atoms with van der Waals surface area (Å²) in [7, 11) is -4.26. The van der Waals surface area contributed by atoms with Crippen molar-refractivity contribution in [1.29, 1.82) is 0 Å². The van der Waals surface area contributed by atoms with Gasteiger partial charge in [-0.2, -0.15) is 0 Å². The molecule has 1 heterocycles. The van der Waals surface area contributed by atoms with E-state index in [1.165, 1.54) is 36.4 Å². The summed E-state index contributed by atoms with van der Waals surface area (Å²) in [5, 5.41) is 9.72. The van der Waals surface area contributed by atoms with Gasteiger partial charge >= 0.3 is 5.97 Å². The maximum Gasteiger partial charge on any atom is 0.305 e. The molecule has 1 atom stereocenters. The molecule has 0 saturated heterocycles. The summed E-state index contributed by atoms with van der Waals surface area (Å²) in [5.41, 5.74) is 1.71. The number of rotatable bonds is 4. The van der Waals surface area contributed by atoms with Crippen LogP contribution in [0.5, 0.6) is 0 Å². The molecule has 3 aromatic carbocycles. The van der Waals surface area contributed by atoms with Gasteiger partial charge in [0.1, 0.15) is 5.82 Å². The largest absolute Gasteiger partial charge is 0.481 e. The van der Waals surface area contributed by atoms with E-state index in [0.29, 0.717) is 16.8 Å². The minimum Gasteiger partial charge on any atom is -0.481 e. The van der Waals surface area contributed by atoms with Gasteiger partial charge in [0.25, 0.3) is 10.0 Å². The fourth-order valence-electron chi connectivity index (χ4n) is 3.65. The first-order valence-electron chi connectivity index (χ1n) is 8.80. The zero-order valence-electron chi connectivity index (χ0n) is 15.2. The van der Waals surface area contributed by atoms with Gasteiger partial charge in [0.05, 0.1) is 33.1 Å². The van der Waals surface area contributed by atoms with Crippen molar-refractivity contribution >= 4 is 44.9 Å². The smallest absolute Gasteiger partial charge is 0.305 e. The molecule has 0 radical (unpaired) electrons. The maximum absolute atomic E-state index is 14.1. The molecule has 154 valence electrons. The van der Waals surface area contributed by atoms with Crippen molar-refractivity contribution in [3.05, 3.63) is 82.1 Å². The summed E-state index contributed by atoms with van der Waals surface area (Å²) in [6, 6.07) is 13.4. The van der Waals surface area contributed by atoms with E-state index in [4.69, 9.17) is 23.2 Å². The van der Waals surface area contributed by atoms with Crippen LogP contribution in [0.2, 0.25) is 10.0 Å². The van der Waals surface area contributed by atoms with E-state index in [1.807, 2.05) is 0 Å². The average Bonchev–Trinajstić information content (AvgIpc) is 2.69. The van der Waals surface area contributed by atoms with E-state index < -0.39 is 34.3 Å². The van der Waals surface area contributed by atoms with Crippen LogP contribution in [0, 0.1) is 5.82 Å². The Kier molecular flexibility index (Phi) is 5.22. The van der Waals surface area contributed by atoms with Gasteiger partial charge in [-0.05, 0) is 47.5 Å². The Morgan fingerprint density at radius 2 is 1.73 bits per heavy atom. The number of para-hydroxylation sites is 1. The van der Waals surface area contributed by atoms with E-state index in [2.05, 4.69) is 0 Å². The fraction of sp³-hybridized carbons (Fsp3) is 0.0952. The van der Waals surface area contributed by atoms with Crippen LogP contribution in [0.15, 0.2) is 65.6 Å². The van der Waals surface area contributed by atoms with Crippen molar-refractivity contribution in [3.63, 3.8) is 0 Å². The number of halogens is 3. The molecular weight excluding hydrogens is 452 g/mol. The van der Waals surface area contributed by atoms with Crippen LogP contribution in [0.4, 0.5) is 10.1 Å². The number of hydrogen-bond donors (Lipinski definition) is 1. The van der Waals surface area contributed by atoms with Gasteiger partial charge in [-0.1, -0.05) is 47.5 Å². The van der Waals surface area contributed by atoms with E-state index in [1.54, 1.807) is 24.3 Å². The van der Waals surface area contributed by atoms with Gasteiger partial charge in [-0.15, -0.1) is 0 Å². The van der Waals surface area contributed by atoms with Crippen molar-refractivity contribution in [2.75, 3.05) is 4.31 Å². The van der Waals surface area contributed by atoms with Crippen LogP contribution >= 0.6 is 23.2 Å². The molecule has 0 fully saturated rings. The number of carbonyl (C=O) groups is 1. The molecule has 0 bridgehead atoms. The second-order valence-corrected chi connectivity index (χ2v) is 9.37. The summed E-state index contributed by atoms with van der Waals surface area (Å²) in [4.78, 5) is 11.5. The van der Waals surface area contributed by atoms with Crippen LogP contribution in [0.25, 0.3) is 11.1 Å². The maximum atomic E-state index is 14.1. The van der Waals surface area contributed by atoms with Crippen molar-refractivity contribution in [2.24, 2.45) is 0 Å². The molecule has 0 amide bonds. The summed E-state index contributed by atoms with van der Waals surface area (Å²) < 4.78 is 42.4. The number of sulfonamides is 1. The Labute approximate surface area is 182 Å². The number of carboxylic acids is 1. The lowest BCUT2D eigenvalue weighted by atomic mass is 9.88. The third-order valence-electron chi connectivity index (χ3n) is 4.90. The molecule has 4 rings (SSSR count). The van der Waals surface area contributed by atoms with Crippen LogP contribution < -0.4 is 4.31 Å². The molecular formula is C21H14Cl2FNO4S. The van der Waals surface area contributed by atoms with Crippen molar-refractivity contribution in [2.45, 2.75) is 17.4 Å². The SMILES string of the molecule is O=C(O)CC1c2cc(F)ccc2-c2ccccc2N1S(=O)(=O)c1ccc(Cl)c(Cl)c1. The van der Waals surface area contributed by atoms with Crippen molar-refractivity contribution in [1.82, 2.24) is 0 Å². The summed E-state index contributed by atoms with van der Waals surface area (Å²) in [5.74, 6) is -1.81. The lowest BCUT2D eigenvalue weighted by Crippen LogP contribution is -2.38. The fourth-order valence-corrected chi connectivity index (χ4v) is 5.69. The van der Waals surface area contributed by atoms with Gasteiger partial charge in [-0.25, -0.2) is 12.8 Å². The van der Waals surface area contributed by atoms with Gasteiger partial charge < -0.3 is 5.11 Å². The molecule has 5 nitrogen and oxygen atoms in total. The Balaban J connectivity index is 2.01. The van der Waals surface area contributed by atoms with E-state index >= 15 is 0 Å². The zero-order valence-corrected chi connectivity index (χ0v) is 17.5. The third-order valence-corrected chi connectivity index (χ3v) is 7.46. The number of carboxylic acid groups (broad SMARTS) is 1. The number of hydrogen-bond acceptors (Lipinski definition) is 3. The topological polar surface area (TPSA) is 74.7 Å². The average molecular weight is 466 g/mol. The highest BCUT2D eigenvalue weighted by Gasteiger charge is 2.40. The number of benzene rings is 3. The highest BCUT2D eigenvalue weighted by Crippen LogP contribution is 2.48. The molecule has 3 aromatic rings. The lowest BCUT2D eigenvalue weighted by molar-refractivity contribution is -0.137. The molecule has 0 aliphatic carbocycles. The van der Waals surface area contributed by atoms with Gasteiger partial charge in [0, 0.05) is 5.56 Å². The van der Waals surface area contributed by atoms with E-state index in [0.717, 1.165) is 4.31 Å². The van der Waals surface area contributed by atoms with Crippen LogP contribution in [0.1, 0.15) is 18.0 Å². The third kappa shape index (κ3) is 3.43. The van der Waals surface area contributed by atoms with Crippen LogP contribution in [0.3, 0.4) is 0 Å². The number of anilines is 1. The number of fused-ring (bicyclic) bond motifs is 3. The van der Waals surface area contributed by atoms with Gasteiger partial charge in [0.2, 0.25) is 0 Å². The van der Waals surface area contributed by atoms with E-state index in [9.17, 15) is 22.7 Å². The number of nitrogens with zero attached hydrogens (tertiary/aromatic N) is 1. The Bertz CT molecular complexity index is 1280. The van der Waals surface area contributed by atoms with Gasteiger partial charge in [-0.3, -0.25) is 9.10 Å². The second-order valence-electron chi connectivity index (χ2n) is 6.74. The Morgan fingerprint density at radius 3 is 2.43 bits per heavy atom. The van der Waals surface area contributed by atoms with Crippen molar-refractivity contribution < 1.29 is 22.7 Å². The standard InChI is InChI=1S/C21H14Cl2FNO4S/c22-17-8-6-13(10-18(17)23)30(28,29)25-19-4-2-1-3-15(19)14-7-5-12(24)9-16(14)20(25)11-21(26)27/h1-10,20H,11H2,(H,26,27). The highest BCUT2D eigenvalue weighted by molar-refractivity contribution is 7.92. The first kappa shape index (κ1) is 20.7. The molecule has 1 N–H and O–H groups in total. The van der Waals surface area contributed by atoms with Crippen molar-refractivity contribution in [3.8, 4) is 11.1 Å². The Hall–Kier alpha value is -2.61. The first-order valence-corrected chi connectivity index (χ1v) is 11.0. The minimum absolute atomic E-state index is 0.0456.